The molecule has 0 heterocycles. The number of hydrogen-bond donors (Lipinski definition) is 0. The number of halogens is 2. The van der Waals surface area contributed by atoms with Crippen molar-refractivity contribution in [3.63, 3.8) is 0 Å². The van der Waals surface area contributed by atoms with Crippen molar-refractivity contribution in [1.29, 1.82) is 0 Å². The van der Waals surface area contributed by atoms with Crippen molar-refractivity contribution < 1.29 is 8.78 Å². The number of allylic oxidation sites excluding steroid dienone is 3. The maximum atomic E-state index is 12.3. The minimum Gasteiger partial charge on any atom is -0.216 e. The van der Waals surface area contributed by atoms with Crippen LogP contribution in [-0.2, 0) is 0 Å². The average molecular weight is 146 g/mol. The van der Waals surface area contributed by atoms with Gasteiger partial charge in [0.2, 0.25) is 0 Å². The van der Waals surface area contributed by atoms with Crippen LogP contribution in [0.2, 0.25) is 0 Å². The molecule has 0 aromatic heterocycles. The first-order valence-electron chi connectivity index (χ1n) is 3.31. The molecular weight excluding hydrogens is 134 g/mol. The molecule has 0 aromatic carbocycles. The highest BCUT2D eigenvalue weighted by molar-refractivity contribution is 5.03. The fraction of sp³-hybridized carbons (Fsp3) is 0.500. The molecule has 0 fully saturated rings. The Hall–Kier alpha value is -0.660. The summed E-state index contributed by atoms with van der Waals surface area (Å²) in [4.78, 5) is 0. The predicted octanol–water partition coefficient (Wildman–Crippen LogP) is 3.51. The van der Waals surface area contributed by atoms with Crippen molar-refractivity contribution in [3.8, 4) is 0 Å². The Kier molecular flexibility index (Phi) is 4.81. The van der Waals surface area contributed by atoms with Gasteiger partial charge in [-0.1, -0.05) is 6.92 Å². The minimum atomic E-state index is -0.179. The van der Waals surface area contributed by atoms with E-state index in [0.717, 1.165) is 0 Å². The third-order valence-electron chi connectivity index (χ3n) is 1.17. The van der Waals surface area contributed by atoms with Gasteiger partial charge in [0.15, 0.2) is 0 Å². The van der Waals surface area contributed by atoms with Crippen molar-refractivity contribution in [3.05, 3.63) is 23.8 Å². The topological polar surface area (TPSA) is 0 Å². The summed E-state index contributed by atoms with van der Waals surface area (Å²) in [5, 5.41) is 0. The molecule has 0 aliphatic heterocycles. The molecule has 0 aliphatic rings. The van der Waals surface area contributed by atoms with Gasteiger partial charge < -0.3 is 0 Å². The molecule has 0 aromatic rings. The smallest absolute Gasteiger partial charge is 0.0960 e. The van der Waals surface area contributed by atoms with E-state index in [1.165, 1.54) is 6.08 Å². The molecule has 0 nitrogen and oxygen atoms in total. The Morgan fingerprint density at radius 2 is 2.10 bits per heavy atom. The summed E-state index contributed by atoms with van der Waals surface area (Å²) in [7, 11) is 0. The quantitative estimate of drug-likeness (QED) is 0.571. The van der Waals surface area contributed by atoms with Crippen LogP contribution in [0.25, 0.3) is 0 Å². The second-order valence-electron chi connectivity index (χ2n) is 2.16. The van der Waals surface area contributed by atoms with E-state index in [2.05, 4.69) is 0 Å². The molecule has 0 spiro atoms. The molecule has 0 N–H and O–H groups in total. The molecular formula is C8H12F2. The lowest BCUT2D eigenvalue weighted by molar-refractivity contribution is 0.599. The molecule has 0 rings (SSSR count). The SMILES string of the molecule is CC/C(F)=C\C/C(C)=C\F. The lowest BCUT2D eigenvalue weighted by Crippen LogP contribution is -1.73. The van der Waals surface area contributed by atoms with Crippen LogP contribution in [-0.4, -0.2) is 0 Å². The standard InChI is InChI=1S/C8H12F2/c1-3-8(10)5-4-7(2)6-9/h5-6H,3-4H2,1-2H3/b7-6-,8-5+. The Morgan fingerprint density at radius 3 is 2.50 bits per heavy atom. The second-order valence-corrected chi connectivity index (χ2v) is 2.16. The normalized spacial score (nSPS) is 14.0. The minimum absolute atomic E-state index is 0.179. The first kappa shape index (κ1) is 9.34. The molecule has 0 bridgehead atoms. The van der Waals surface area contributed by atoms with Gasteiger partial charge in [-0.15, -0.1) is 0 Å². The van der Waals surface area contributed by atoms with Crippen LogP contribution in [0.1, 0.15) is 26.7 Å². The van der Waals surface area contributed by atoms with Crippen LogP contribution < -0.4 is 0 Å². The van der Waals surface area contributed by atoms with Crippen molar-refractivity contribution >= 4 is 0 Å². The summed E-state index contributed by atoms with van der Waals surface area (Å²) in [5.41, 5.74) is 0.545. The number of rotatable bonds is 3. The van der Waals surface area contributed by atoms with Crippen LogP contribution in [0.4, 0.5) is 8.78 Å². The maximum Gasteiger partial charge on any atom is 0.0960 e. The Balaban J connectivity index is 3.72. The fourth-order valence-corrected chi connectivity index (χ4v) is 0.461. The van der Waals surface area contributed by atoms with E-state index in [-0.39, 0.29) is 5.83 Å². The van der Waals surface area contributed by atoms with Crippen LogP contribution in [0.3, 0.4) is 0 Å². The first-order valence-corrected chi connectivity index (χ1v) is 3.31. The van der Waals surface area contributed by atoms with Gasteiger partial charge in [-0.05, 0) is 31.4 Å². The van der Waals surface area contributed by atoms with Crippen molar-refractivity contribution in [2.45, 2.75) is 26.7 Å². The predicted molar refractivity (Wildman–Crippen MR) is 39.0 cm³/mol. The summed E-state index contributed by atoms with van der Waals surface area (Å²) in [6.07, 6.45) is 2.65. The first-order chi connectivity index (χ1) is 4.70. The van der Waals surface area contributed by atoms with Gasteiger partial charge in [0.05, 0.1) is 12.2 Å². The van der Waals surface area contributed by atoms with Gasteiger partial charge in [-0.3, -0.25) is 0 Å². The van der Waals surface area contributed by atoms with E-state index in [0.29, 0.717) is 24.7 Å². The van der Waals surface area contributed by atoms with Crippen LogP contribution in [0.5, 0.6) is 0 Å². The highest BCUT2D eigenvalue weighted by Crippen LogP contribution is 2.07. The average Bonchev–Trinajstić information content (AvgIpc) is 1.99. The third kappa shape index (κ3) is 4.24. The Labute approximate surface area is 60.2 Å². The van der Waals surface area contributed by atoms with Crippen LogP contribution >= 0.6 is 0 Å². The molecule has 2 heteroatoms. The lowest BCUT2D eigenvalue weighted by Gasteiger charge is -1.91. The molecule has 10 heavy (non-hydrogen) atoms. The highest BCUT2D eigenvalue weighted by atomic mass is 19.1. The van der Waals surface area contributed by atoms with Gasteiger partial charge in [-0.25, -0.2) is 8.78 Å². The zero-order valence-electron chi connectivity index (χ0n) is 6.32. The molecule has 0 saturated heterocycles. The van der Waals surface area contributed by atoms with Crippen LogP contribution in [0, 0.1) is 0 Å². The van der Waals surface area contributed by atoms with Gasteiger partial charge in [0.1, 0.15) is 0 Å². The Bertz CT molecular complexity index is 145. The molecule has 0 radical (unpaired) electrons. The van der Waals surface area contributed by atoms with E-state index in [1.807, 2.05) is 0 Å². The van der Waals surface area contributed by atoms with Gasteiger partial charge >= 0.3 is 0 Å². The van der Waals surface area contributed by atoms with Crippen molar-refractivity contribution in [1.82, 2.24) is 0 Å². The largest absolute Gasteiger partial charge is 0.216 e. The van der Waals surface area contributed by atoms with E-state index < -0.39 is 0 Å². The van der Waals surface area contributed by atoms with Crippen LogP contribution in [0.15, 0.2) is 23.8 Å². The molecule has 0 aliphatic carbocycles. The van der Waals surface area contributed by atoms with Gasteiger partial charge in [0.25, 0.3) is 0 Å². The van der Waals surface area contributed by atoms with Crippen molar-refractivity contribution in [2.24, 2.45) is 0 Å². The second kappa shape index (κ2) is 5.15. The third-order valence-corrected chi connectivity index (χ3v) is 1.17. The monoisotopic (exact) mass is 146 g/mol. The number of hydrogen-bond acceptors (Lipinski definition) is 0. The van der Waals surface area contributed by atoms with Crippen molar-refractivity contribution in [2.75, 3.05) is 0 Å². The van der Waals surface area contributed by atoms with E-state index >= 15 is 0 Å². The summed E-state index contributed by atoms with van der Waals surface area (Å²) >= 11 is 0. The zero-order valence-corrected chi connectivity index (χ0v) is 6.32. The maximum absolute atomic E-state index is 12.3. The molecule has 0 saturated carbocycles. The van der Waals surface area contributed by atoms with Gasteiger partial charge in [-0.2, -0.15) is 0 Å². The summed E-state index contributed by atoms with van der Waals surface area (Å²) < 4.78 is 24.0. The molecule has 58 valence electrons. The van der Waals surface area contributed by atoms with E-state index in [1.54, 1.807) is 13.8 Å². The summed E-state index contributed by atoms with van der Waals surface area (Å²) in [6.45, 7) is 3.35. The molecule has 0 unspecified atom stereocenters. The van der Waals surface area contributed by atoms with E-state index in [9.17, 15) is 8.78 Å². The van der Waals surface area contributed by atoms with E-state index in [4.69, 9.17) is 0 Å². The summed E-state index contributed by atoms with van der Waals surface area (Å²) in [6, 6.07) is 0. The highest BCUT2D eigenvalue weighted by Gasteiger charge is 1.89. The Morgan fingerprint density at radius 1 is 1.50 bits per heavy atom. The summed E-state index contributed by atoms with van der Waals surface area (Å²) in [5.74, 6) is -0.179. The fourth-order valence-electron chi connectivity index (χ4n) is 0.461. The molecule has 0 amide bonds. The lowest BCUT2D eigenvalue weighted by atomic mass is 10.2. The molecule has 0 atom stereocenters. The zero-order chi connectivity index (χ0) is 7.98. The van der Waals surface area contributed by atoms with Gasteiger partial charge in [0, 0.05) is 0 Å².